The molecule has 1 saturated heterocycles. The van der Waals surface area contributed by atoms with Crippen LogP contribution in [0.1, 0.15) is 18.1 Å². The molecular weight excluding hydrogens is 516 g/mol. The largest absolute Gasteiger partial charge is 0.366 e. The van der Waals surface area contributed by atoms with Crippen LogP contribution in [-0.2, 0) is 13.6 Å². The fourth-order valence-corrected chi connectivity index (χ4v) is 3.72. The average molecular weight is 547 g/mol. The molecule has 1 aliphatic rings. The lowest BCUT2D eigenvalue weighted by Gasteiger charge is -2.37. The highest BCUT2D eigenvalue weighted by atomic mass is 127. The molecule has 0 unspecified atom stereocenters. The van der Waals surface area contributed by atoms with Crippen LogP contribution in [0.25, 0.3) is 0 Å². The maximum absolute atomic E-state index is 14.1. The van der Waals surface area contributed by atoms with E-state index < -0.39 is 0 Å². The van der Waals surface area contributed by atoms with Crippen molar-refractivity contribution in [2.24, 2.45) is 12.0 Å². The van der Waals surface area contributed by atoms with Crippen molar-refractivity contribution in [3.8, 4) is 0 Å². The van der Waals surface area contributed by atoms with E-state index in [9.17, 15) is 4.39 Å². The molecule has 0 atom stereocenters. The number of halogens is 2. The van der Waals surface area contributed by atoms with Gasteiger partial charge in [-0.15, -0.1) is 34.2 Å². The van der Waals surface area contributed by atoms with Crippen molar-refractivity contribution in [1.29, 1.82) is 0 Å². The van der Waals surface area contributed by atoms with Gasteiger partial charge in [0.1, 0.15) is 18.2 Å². The number of para-hydroxylation sites is 1. The second-order valence-electron chi connectivity index (χ2n) is 7.06. The van der Waals surface area contributed by atoms with E-state index in [0.717, 1.165) is 62.5 Å². The molecule has 1 aromatic heterocycles. The van der Waals surface area contributed by atoms with E-state index in [1.807, 2.05) is 42.4 Å². The quantitative estimate of drug-likeness (QED) is 0.249. The van der Waals surface area contributed by atoms with Crippen LogP contribution in [0.15, 0.2) is 29.3 Å². The number of nitrogens with one attached hydrogen (secondary N) is 1. The van der Waals surface area contributed by atoms with E-state index in [2.05, 4.69) is 31.6 Å². The topological polar surface area (TPSA) is 61.6 Å². The van der Waals surface area contributed by atoms with Crippen molar-refractivity contribution in [2.75, 3.05) is 49.6 Å². The Hall–Kier alpha value is -1.56. The Morgan fingerprint density at radius 2 is 1.93 bits per heavy atom. The van der Waals surface area contributed by atoms with Gasteiger partial charge in [-0.1, -0.05) is 12.1 Å². The number of hydrogen-bond donors (Lipinski definition) is 1. The van der Waals surface area contributed by atoms with Gasteiger partial charge in [-0.25, -0.2) is 9.38 Å². The highest BCUT2D eigenvalue weighted by Crippen LogP contribution is 2.20. The molecule has 1 aromatic carbocycles. The Labute approximate surface area is 199 Å². The zero-order valence-corrected chi connectivity index (χ0v) is 21.0. The van der Waals surface area contributed by atoms with Crippen LogP contribution in [0, 0.1) is 12.7 Å². The van der Waals surface area contributed by atoms with Gasteiger partial charge in [0, 0.05) is 39.8 Å². The number of thioether (sulfide) groups is 1. The van der Waals surface area contributed by atoms with Crippen molar-refractivity contribution in [3.05, 3.63) is 41.7 Å². The molecule has 7 nitrogen and oxygen atoms in total. The number of guanidine groups is 1. The molecule has 0 saturated carbocycles. The predicted octanol–water partition coefficient (Wildman–Crippen LogP) is 2.90. The molecule has 3 rings (SSSR count). The standard InChI is InChI=1S/C20H30FN7S.HI/c1-16-24-25-19(26(16)2)15-23-20(22-9-6-14-29-3)28-12-10-27(11-13-28)18-8-5-4-7-17(18)21;/h4-5,7-8H,6,9-15H2,1-3H3,(H,22,23);1H. The minimum absolute atomic E-state index is 0. The van der Waals surface area contributed by atoms with Gasteiger partial charge < -0.3 is 19.7 Å². The lowest BCUT2D eigenvalue weighted by atomic mass is 10.2. The molecule has 166 valence electrons. The van der Waals surface area contributed by atoms with Crippen molar-refractivity contribution in [3.63, 3.8) is 0 Å². The van der Waals surface area contributed by atoms with E-state index in [-0.39, 0.29) is 29.8 Å². The molecule has 1 fully saturated rings. The Kier molecular flexibility index (Phi) is 10.2. The number of aryl methyl sites for hydroxylation is 1. The smallest absolute Gasteiger partial charge is 0.194 e. The highest BCUT2D eigenvalue weighted by Gasteiger charge is 2.21. The van der Waals surface area contributed by atoms with Gasteiger partial charge in [-0.3, -0.25) is 0 Å². The van der Waals surface area contributed by atoms with Crippen LogP contribution < -0.4 is 10.2 Å². The van der Waals surface area contributed by atoms with Gasteiger partial charge in [0.25, 0.3) is 0 Å². The van der Waals surface area contributed by atoms with Crippen LogP contribution in [-0.4, -0.2) is 70.4 Å². The third-order valence-corrected chi connectivity index (χ3v) is 5.83. The van der Waals surface area contributed by atoms with E-state index >= 15 is 0 Å². The summed E-state index contributed by atoms with van der Waals surface area (Å²) in [7, 11) is 1.96. The lowest BCUT2D eigenvalue weighted by molar-refractivity contribution is 0.369. The highest BCUT2D eigenvalue weighted by molar-refractivity contribution is 14.0. The van der Waals surface area contributed by atoms with Crippen molar-refractivity contribution in [1.82, 2.24) is 25.0 Å². The van der Waals surface area contributed by atoms with Crippen molar-refractivity contribution >= 4 is 47.4 Å². The summed E-state index contributed by atoms with van der Waals surface area (Å²) in [6, 6.07) is 6.97. The molecular formula is C20H31FIN7S. The van der Waals surface area contributed by atoms with Crippen LogP contribution in [0.3, 0.4) is 0 Å². The second kappa shape index (κ2) is 12.3. The first-order chi connectivity index (χ1) is 14.1. The first-order valence-corrected chi connectivity index (χ1v) is 11.4. The first-order valence-electron chi connectivity index (χ1n) is 9.96. The minimum Gasteiger partial charge on any atom is -0.366 e. The normalized spacial score (nSPS) is 14.6. The summed E-state index contributed by atoms with van der Waals surface area (Å²) in [4.78, 5) is 9.16. The molecule has 0 spiro atoms. The van der Waals surface area contributed by atoms with E-state index in [4.69, 9.17) is 4.99 Å². The van der Waals surface area contributed by atoms with Crippen LogP contribution in [0.5, 0.6) is 0 Å². The average Bonchev–Trinajstić information content (AvgIpc) is 3.06. The molecule has 2 heterocycles. The van der Waals surface area contributed by atoms with Crippen LogP contribution in [0.2, 0.25) is 0 Å². The van der Waals surface area contributed by atoms with Gasteiger partial charge in [0.15, 0.2) is 11.8 Å². The maximum Gasteiger partial charge on any atom is 0.194 e. The van der Waals surface area contributed by atoms with Gasteiger partial charge >= 0.3 is 0 Å². The maximum atomic E-state index is 14.1. The van der Waals surface area contributed by atoms with Crippen LogP contribution >= 0.6 is 35.7 Å². The van der Waals surface area contributed by atoms with Gasteiger partial charge in [-0.05, 0) is 37.5 Å². The number of aliphatic imine (C=N–C) groups is 1. The predicted molar refractivity (Wildman–Crippen MR) is 133 cm³/mol. The summed E-state index contributed by atoms with van der Waals surface area (Å²) in [5.41, 5.74) is 0.674. The molecule has 0 bridgehead atoms. The zero-order chi connectivity index (χ0) is 20.6. The Morgan fingerprint density at radius 3 is 2.57 bits per heavy atom. The van der Waals surface area contributed by atoms with Gasteiger partial charge in [-0.2, -0.15) is 11.8 Å². The Balaban J connectivity index is 0.00000320. The SMILES string of the molecule is CSCCCNC(=NCc1nnc(C)n1C)N1CCN(c2ccccc2F)CC1.I. The third-order valence-electron chi connectivity index (χ3n) is 5.13. The summed E-state index contributed by atoms with van der Waals surface area (Å²) < 4.78 is 16.1. The molecule has 0 radical (unpaired) electrons. The number of benzene rings is 1. The van der Waals surface area contributed by atoms with E-state index in [1.54, 1.807) is 6.07 Å². The molecule has 0 aliphatic carbocycles. The van der Waals surface area contributed by atoms with Crippen molar-refractivity contribution in [2.45, 2.75) is 19.9 Å². The molecule has 0 amide bonds. The number of piperazine rings is 1. The number of aromatic nitrogens is 3. The van der Waals surface area contributed by atoms with Crippen LogP contribution in [0.4, 0.5) is 10.1 Å². The lowest BCUT2D eigenvalue weighted by Crippen LogP contribution is -2.53. The summed E-state index contributed by atoms with van der Waals surface area (Å²) >= 11 is 1.85. The summed E-state index contributed by atoms with van der Waals surface area (Å²) in [5.74, 6) is 3.56. The van der Waals surface area contributed by atoms with E-state index in [0.29, 0.717) is 12.2 Å². The number of rotatable bonds is 7. The summed E-state index contributed by atoms with van der Waals surface area (Å²) in [6.07, 6.45) is 3.20. The third kappa shape index (κ3) is 6.47. The second-order valence-corrected chi connectivity index (χ2v) is 8.05. The fraction of sp³-hybridized carbons (Fsp3) is 0.550. The number of anilines is 1. The number of hydrogen-bond acceptors (Lipinski definition) is 5. The summed E-state index contributed by atoms with van der Waals surface area (Å²) in [5, 5.41) is 11.8. The van der Waals surface area contributed by atoms with Crippen molar-refractivity contribution < 1.29 is 4.39 Å². The molecule has 10 heteroatoms. The monoisotopic (exact) mass is 547 g/mol. The molecule has 2 aromatic rings. The first kappa shape index (κ1) is 24.7. The minimum atomic E-state index is -0.164. The Morgan fingerprint density at radius 1 is 1.20 bits per heavy atom. The Bertz CT molecular complexity index is 821. The van der Waals surface area contributed by atoms with Gasteiger partial charge in [0.2, 0.25) is 0 Å². The zero-order valence-electron chi connectivity index (χ0n) is 17.8. The van der Waals surface area contributed by atoms with E-state index in [1.165, 1.54) is 6.07 Å². The molecule has 1 N–H and O–H groups in total. The summed E-state index contributed by atoms with van der Waals surface area (Å²) in [6.45, 7) is 6.40. The number of nitrogens with zero attached hydrogens (tertiary/aromatic N) is 6. The molecule has 30 heavy (non-hydrogen) atoms. The fourth-order valence-electron chi connectivity index (χ4n) is 3.29. The van der Waals surface area contributed by atoms with Gasteiger partial charge in [0.05, 0.1) is 5.69 Å². The molecule has 1 aliphatic heterocycles.